The highest BCUT2D eigenvalue weighted by Gasteiger charge is 2.37. The molecule has 1 fully saturated rings. The second-order valence-corrected chi connectivity index (χ2v) is 7.38. The molecule has 2 aromatic rings. The Morgan fingerprint density at radius 1 is 1.36 bits per heavy atom. The summed E-state index contributed by atoms with van der Waals surface area (Å²) in [4.78, 5) is 0.164. The molecule has 7 heteroatoms. The Hall–Kier alpha value is -1.50. The molecule has 5 nitrogen and oxygen atoms in total. The van der Waals surface area contributed by atoms with Gasteiger partial charge >= 0.3 is 0 Å². The van der Waals surface area contributed by atoms with Crippen LogP contribution in [0.2, 0.25) is 5.02 Å². The number of sulfonamides is 1. The first kappa shape index (κ1) is 15.4. The summed E-state index contributed by atoms with van der Waals surface area (Å²) in [6.07, 6.45) is 3.10. The molecular weight excluding hydrogens is 326 g/mol. The maximum atomic E-state index is 12.9. The van der Waals surface area contributed by atoms with Crippen molar-refractivity contribution in [2.45, 2.75) is 23.8 Å². The average molecular weight is 342 g/mol. The number of furan rings is 1. The van der Waals surface area contributed by atoms with Crippen LogP contribution in [0, 0.1) is 0 Å². The number of methoxy groups -OCH3 is 1. The number of halogens is 1. The van der Waals surface area contributed by atoms with Crippen molar-refractivity contribution in [2.24, 2.45) is 0 Å². The van der Waals surface area contributed by atoms with Crippen LogP contribution in [0.15, 0.2) is 45.9 Å². The minimum atomic E-state index is -3.63. The molecule has 0 spiro atoms. The molecule has 1 saturated heterocycles. The maximum absolute atomic E-state index is 12.9. The van der Waals surface area contributed by atoms with Gasteiger partial charge < -0.3 is 9.15 Å². The number of hydrogen-bond acceptors (Lipinski definition) is 4. The first-order valence-electron chi connectivity index (χ1n) is 6.93. The van der Waals surface area contributed by atoms with Gasteiger partial charge in [0.25, 0.3) is 0 Å². The molecule has 0 radical (unpaired) electrons. The highest BCUT2D eigenvalue weighted by Crippen LogP contribution is 2.38. The summed E-state index contributed by atoms with van der Waals surface area (Å²) < 4.78 is 37.7. The summed E-state index contributed by atoms with van der Waals surface area (Å²) in [5, 5.41) is 0.275. The van der Waals surface area contributed by atoms with Crippen molar-refractivity contribution in [3.63, 3.8) is 0 Å². The minimum absolute atomic E-state index is 0.164. The molecule has 0 amide bonds. The third-order valence-corrected chi connectivity index (χ3v) is 6.00. The molecule has 22 heavy (non-hydrogen) atoms. The molecule has 1 atom stereocenters. The first-order chi connectivity index (χ1) is 10.5. The molecule has 1 aromatic heterocycles. The normalized spacial score (nSPS) is 19.5. The largest absolute Gasteiger partial charge is 0.495 e. The van der Waals surface area contributed by atoms with Crippen LogP contribution >= 0.6 is 11.6 Å². The Kier molecular flexibility index (Phi) is 4.16. The van der Waals surface area contributed by atoms with Gasteiger partial charge in [-0.05, 0) is 43.2 Å². The molecule has 0 aliphatic carbocycles. The lowest BCUT2D eigenvalue weighted by Gasteiger charge is -2.22. The van der Waals surface area contributed by atoms with Crippen molar-refractivity contribution in [1.29, 1.82) is 0 Å². The number of rotatable bonds is 4. The molecule has 1 unspecified atom stereocenters. The fourth-order valence-corrected chi connectivity index (χ4v) is 4.75. The van der Waals surface area contributed by atoms with E-state index < -0.39 is 10.0 Å². The van der Waals surface area contributed by atoms with Gasteiger partial charge in [-0.1, -0.05) is 11.6 Å². The number of ether oxygens (including phenoxy) is 1. The lowest BCUT2D eigenvalue weighted by molar-refractivity contribution is 0.339. The van der Waals surface area contributed by atoms with Crippen molar-refractivity contribution in [2.75, 3.05) is 13.7 Å². The van der Waals surface area contributed by atoms with E-state index in [1.165, 1.54) is 23.5 Å². The van der Waals surface area contributed by atoms with Gasteiger partial charge in [-0.3, -0.25) is 0 Å². The molecule has 2 heterocycles. The van der Waals surface area contributed by atoms with Crippen LogP contribution < -0.4 is 4.74 Å². The molecule has 0 bridgehead atoms. The number of benzene rings is 1. The van der Waals surface area contributed by atoms with Crippen molar-refractivity contribution < 1.29 is 17.6 Å². The van der Waals surface area contributed by atoms with Gasteiger partial charge in [-0.25, -0.2) is 8.42 Å². The van der Waals surface area contributed by atoms with Gasteiger partial charge in [0.05, 0.1) is 29.3 Å². The van der Waals surface area contributed by atoms with Crippen LogP contribution in [-0.4, -0.2) is 26.4 Å². The van der Waals surface area contributed by atoms with Gasteiger partial charge in [0.15, 0.2) is 0 Å². The van der Waals surface area contributed by atoms with Crippen LogP contribution in [0.3, 0.4) is 0 Å². The topological polar surface area (TPSA) is 59.8 Å². The van der Waals surface area contributed by atoms with Crippen molar-refractivity contribution in [1.82, 2.24) is 4.31 Å². The van der Waals surface area contributed by atoms with Crippen LogP contribution in [0.1, 0.15) is 24.6 Å². The Balaban J connectivity index is 1.97. The van der Waals surface area contributed by atoms with E-state index in [1.54, 1.807) is 24.5 Å². The zero-order chi connectivity index (χ0) is 15.7. The van der Waals surface area contributed by atoms with E-state index >= 15 is 0 Å². The van der Waals surface area contributed by atoms with E-state index in [2.05, 4.69) is 0 Å². The monoisotopic (exact) mass is 341 g/mol. The lowest BCUT2D eigenvalue weighted by Crippen LogP contribution is -2.30. The van der Waals surface area contributed by atoms with Crippen LogP contribution in [0.5, 0.6) is 5.75 Å². The Morgan fingerprint density at radius 2 is 2.18 bits per heavy atom. The van der Waals surface area contributed by atoms with Crippen LogP contribution in [0.4, 0.5) is 0 Å². The highest BCUT2D eigenvalue weighted by molar-refractivity contribution is 7.89. The second-order valence-electron chi connectivity index (χ2n) is 5.09. The molecule has 1 aliphatic rings. The molecule has 1 aromatic carbocycles. The highest BCUT2D eigenvalue weighted by atomic mass is 35.5. The summed E-state index contributed by atoms with van der Waals surface area (Å²) in [5.74, 6) is 1.12. The standard InChI is InChI=1S/C15H16ClNO4S/c1-20-14-7-6-11(10-12(14)16)22(18,19)17-8-2-4-13(17)15-5-3-9-21-15/h3,5-7,9-10,13H,2,4,8H2,1H3. The molecule has 0 N–H and O–H groups in total. The fraction of sp³-hybridized carbons (Fsp3) is 0.333. The minimum Gasteiger partial charge on any atom is -0.495 e. The SMILES string of the molecule is COc1ccc(S(=O)(=O)N2CCCC2c2ccco2)cc1Cl. The smallest absolute Gasteiger partial charge is 0.243 e. The molecule has 118 valence electrons. The fourth-order valence-electron chi connectivity index (χ4n) is 2.74. The maximum Gasteiger partial charge on any atom is 0.243 e. The Labute approximate surface area is 134 Å². The molecule has 1 aliphatic heterocycles. The quantitative estimate of drug-likeness (QED) is 0.854. The van der Waals surface area contributed by atoms with Crippen LogP contribution in [-0.2, 0) is 10.0 Å². The van der Waals surface area contributed by atoms with E-state index in [4.69, 9.17) is 20.8 Å². The van der Waals surface area contributed by atoms with Crippen LogP contribution in [0.25, 0.3) is 0 Å². The van der Waals surface area contributed by atoms with Gasteiger partial charge in [0, 0.05) is 6.54 Å². The molecule has 3 rings (SSSR count). The van der Waals surface area contributed by atoms with E-state index in [0.717, 1.165) is 12.8 Å². The zero-order valence-electron chi connectivity index (χ0n) is 12.0. The summed E-state index contributed by atoms with van der Waals surface area (Å²) >= 11 is 6.05. The number of hydrogen-bond donors (Lipinski definition) is 0. The molecular formula is C15H16ClNO4S. The van der Waals surface area contributed by atoms with Gasteiger partial charge in [0.1, 0.15) is 11.5 Å². The third kappa shape index (κ3) is 2.62. The van der Waals surface area contributed by atoms with Gasteiger partial charge in [-0.2, -0.15) is 4.31 Å². The zero-order valence-corrected chi connectivity index (χ0v) is 13.6. The van der Waals surface area contributed by atoms with E-state index in [1.807, 2.05) is 0 Å². The van der Waals surface area contributed by atoms with E-state index in [0.29, 0.717) is 18.1 Å². The lowest BCUT2D eigenvalue weighted by atomic mass is 10.2. The third-order valence-electron chi connectivity index (χ3n) is 3.81. The Bertz CT molecular complexity index is 758. The summed E-state index contributed by atoms with van der Waals surface area (Å²) in [6, 6.07) is 7.81. The summed E-state index contributed by atoms with van der Waals surface area (Å²) in [5.41, 5.74) is 0. The summed E-state index contributed by atoms with van der Waals surface area (Å²) in [6.45, 7) is 0.470. The van der Waals surface area contributed by atoms with Gasteiger partial charge in [-0.15, -0.1) is 0 Å². The second kappa shape index (κ2) is 5.95. The van der Waals surface area contributed by atoms with E-state index in [-0.39, 0.29) is 16.0 Å². The summed E-state index contributed by atoms with van der Waals surface area (Å²) in [7, 11) is -2.14. The predicted octanol–water partition coefficient (Wildman–Crippen LogP) is 3.47. The average Bonchev–Trinajstić information content (AvgIpc) is 3.17. The van der Waals surface area contributed by atoms with Gasteiger partial charge in [0.2, 0.25) is 10.0 Å². The number of nitrogens with zero attached hydrogens (tertiary/aromatic N) is 1. The van der Waals surface area contributed by atoms with Crippen molar-refractivity contribution in [3.05, 3.63) is 47.4 Å². The first-order valence-corrected chi connectivity index (χ1v) is 8.74. The van der Waals surface area contributed by atoms with Crippen molar-refractivity contribution in [3.8, 4) is 5.75 Å². The predicted molar refractivity (Wildman–Crippen MR) is 82.6 cm³/mol. The van der Waals surface area contributed by atoms with E-state index in [9.17, 15) is 8.42 Å². The molecule has 0 saturated carbocycles. The Morgan fingerprint density at radius 3 is 2.82 bits per heavy atom. The van der Waals surface area contributed by atoms with Crippen molar-refractivity contribution >= 4 is 21.6 Å².